The summed E-state index contributed by atoms with van der Waals surface area (Å²) in [6, 6.07) is 0. The number of carbonyl (C=O) groups is 2. The molecule has 3 atom stereocenters. The van der Waals surface area contributed by atoms with Gasteiger partial charge in [0, 0.05) is 6.54 Å². The van der Waals surface area contributed by atoms with Crippen LogP contribution in [0.25, 0.3) is 0 Å². The van der Waals surface area contributed by atoms with Gasteiger partial charge in [-0.25, -0.2) is 4.79 Å². The molecule has 0 saturated heterocycles. The van der Waals surface area contributed by atoms with Crippen LogP contribution < -0.4 is 11.1 Å². The van der Waals surface area contributed by atoms with Gasteiger partial charge < -0.3 is 16.2 Å². The Morgan fingerprint density at radius 1 is 1.43 bits per heavy atom. The molecule has 0 aromatic heterocycles. The zero-order valence-electron chi connectivity index (χ0n) is 13.7. The van der Waals surface area contributed by atoms with E-state index in [1.54, 1.807) is 0 Å². The first kappa shape index (κ1) is 18.0. The van der Waals surface area contributed by atoms with E-state index in [0.29, 0.717) is 25.2 Å². The second-order valence-electron chi connectivity index (χ2n) is 7.78. The molecule has 0 bridgehead atoms. The lowest BCUT2D eigenvalue weighted by Gasteiger charge is -2.38. The van der Waals surface area contributed by atoms with E-state index in [4.69, 9.17) is 5.73 Å². The molecule has 1 aliphatic rings. The van der Waals surface area contributed by atoms with Crippen LogP contribution in [0.5, 0.6) is 0 Å². The molecule has 1 rings (SSSR count). The first-order valence-corrected chi connectivity index (χ1v) is 7.85. The zero-order chi connectivity index (χ0) is 16.3. The van der Waals surface area contributed by atoms with Crippen LogP contribution in [0.4, 0.5) is 0 Å². The molecule has 5 nitrogen and oxygen atoms in total. The molecule has 0 spiro atoms. The van der Waals surface area contributed by atoms with Crippen molar-refractivity contribution in [3.63, 3.8) is 0 Å². The van der Waals surface area contributed by atoms with E-state index in [-0.39, 0.29) is 23.8 Å². The summed E-state index contributed by atoms with van der Waals surface area (Å²) in [4.78, 5) is 24.2. The second kappa shape index (κ2) is 6.77. The molecule has 1 saturated carbocycles. The van der Waals surface area contributed by atoms with Gasteiger partial charge in [-0.15, -0.1) is 0 Å². The Morgan fingerprint density at radius 2 is 2.05 bits per heavy atom. The third-order valence-electron chi connectivity index (χ3n) is 4.28. The highest BCUT2D eigenvalue weighted by Gasteiger charge is 2.44. The van der Waals surface area contributed by atoms with E-state index in [0.717, 1.165) is 12.8 Å². The Hall–Kier alpha value is -1.10. The van der Waals surface area contributed by atoms with Gasteiger partial charge in [0.05, 0.1) is 5.92 Å². The maximum atomic E-state index is 12.5. The van der Waals surface area contributed by atoms with Crippen molar-refractivity contribution >= 4 is 11.9 Å². The Bertz CT molecular complexity index is 389. The molecule has 0 aromatic rings. The predicted octanol–water partition coefficient (Wildman–Crippen LogP) is 2.15. The largest absolute Gasteiger partial charge is 0.480 e. The van der Waals surface area contributed by atoms with E-state index in [2.05, 4.69) is 26.1 Å². The van der Waals surface area contributed by atoms with Crippen molar-refractivity contribution in [1.82, 2.24) is 5.32 Å². The molecule has 0 aliphatic heterocycles. The molecule has 3 unspecified atom stereocenters. The minimum absolute atomic E-state index is 0.0162. The van der Waals surface area contributed by atoms with Gasteiger partial charge in [-0.05, 0) is 30.6 Å². The van der Waals surface area contributed by atoms with E-state index in [1.165, 1.54) is 0 Å². The zero-order valence-corrected chi connectivity index (χ0v) is 13.7. The number of carboxylic acids is 1. The van der Waals surface area contributed by atoms with Crippen LogP contribution in [0.3, 0.4) is 0 Å². The quantitative estimate of drug-likeness (QED) is 0.725. The fraction of sp³-hybridized carbons (Fsp3) is 0.875. The monoisotopic (exact) mass is 298 g/mol. The number of carbonyl (C=O) groups excluding carboxylic acids is 1. The summed E-state index contributed by atoms with van der Waals surface area (Å²) in [6.45, 7) is 8.45. The van der Waals surface area contributed by atoms with Crippen LogP contribution in [-0.4, -0.2) is 29.1 Å². The van der Waals surface area contributed by atoms with Crippen LogP contribution in [0.1, 0.15) is 59.8 Å². The van der Waals surface area contributed by atoms with Crippen LogP contribution in [0.15, 0.2) is 0 Å². The summed E-state index contributed by atoms with van der Waals surface area (Å²) in [5.74, 6) is -1.16. The Balaban J connectivity index is 2.83. The lowest BCUT2D eigenvalue weighted by Crippen LogP contribution is -2.58. The van der Waals surface area contributed by atoms with E-state index in [1.807, 2.05) is 6.92 Å². The molecule has 0 radical (unpaired) electrons. The number of nitrogens with two attached hydrogens (primary N) is 1. The smallest absolute Gasteiger partial charge is 0.329 e. The lowest BCUT2D eigenvalue weighted by molar-refractivity contribution is -0.150. The van der Waals surface area contributed by atoms with Gasteiger partial charge in [-0.2, -0.15) is 0 Å². The Labute approximate surface area is 127 Å². The topological polar surface area (TPSA) is 92.4 Å². The molecule has 122 valence electrons. The lowest BCUT2D eigenvalue weighted by atomic mass is 9.75. The first-order chi connectivity index (χ1) is 9.59. The molecule has 1 aliphatic carbocycles. The van der Waals surface area contributed by atoms with Crippen molar-refractivity contribution in [1.29, 1.82) is 0 Å². The molecule has 1 fully saturated rings. The van der Waals surface area contributed by atoms with Crippen molar-refractivity contribution in [2.45, 2.75) is 65.3 Å². The third-order valence-corrected chi connectivity index (χ3v) is 4.28. The highest BCUT2D eigenvalue weighted by atomic mass is 16.4. The summed E-state index contributed by atoms with van der Waals surface area (Å²) in [5, 5.41) is 12.4. The number of hydrogen-bond donors (Lipinski definition) is 3. The minimum atomic E-state index is -1.11. The first-order valence-electron chi connectivity index (χ1n) is 7.85. The molecule has 0 heterocycles. The van der Waals surface area contributed by atoms with Gasteiger partial charge in [-0.1, -0.05) is 40.5 Å². The fourth-order valence-corrected chi connectivity index (χ4v) is 3.27. The summed E-state index contributed by atoms with van der Waals surface area (Å²) in [7, 11) is 0. The van der Waals surface area contributed by atoms with E-state index < -0.39 is 11.5 Å². The fourth-order valence-electron chi connectivity index (χ4n) is 3.27. The van der Waals surface area contributed by atoms with Crippen LogP contribution in [0, 0.1) is 17.3 Å². The summed E-state index contributed by atoms with van der Waals surface area (Å²) < 4.78 is 0. The van der Waals surface area contributed by atoms with Crippen molar-refractivity contribution < 1.29 is 14.7 Å². The molecule has 1 amide bonds. The minimum Gasteiger partial charge on any atom is -0.480 e. The van der Waals surface area contributed by atoms with Gasteiger partial charge in [0.15, 0.2) is 0 Å². The molecule has 0 aromatic carbocycles. The molecular weight excluding hydrogens is 268 g/mol. The van der Waals surface area contributed by atoms with Gasteiger partial charge in [-0.3, -0.25) is 4.79 Å². The summed E-state index contributed by atoms with van der Waals surface area (Å²) >= 11 is 0. The maximum absolute atomic E-state index is 12.5. The van der Waals surface area contributed by atoms with Gasteiger partial charge >= 0.3 is 5.97 Å². The Kier molecular flexibility index (Phi) is 5.79. The summed E-state index contributed by atoms with van der Waals surface area (Å²) in [6.07, 6.45) is 3.51. The number of hydrogen-bond acceptors (Lipinski definition) is 3. The number of nitrogens with one attached hydrogen (secondary N) is 1. The summed E-state index contributed by atoms with van der Waals surface area (Å²) in [5.41, 5.74) is 4.60. The third kappa shape index (κ3) is 4.99. The average Bonchev–Trinajstić information content (AvgIpc) is 2.34. The van der Waals surface area contributed by atoms with Gasteiger partial charge in [0.1, 0.15) is 5.54 Å². The van der Waals surface area contributed by atoms with Crippen molar-refractivity contribution in [3.8, 4) is 0 Å². The number of carboxylic acid groups (broad SMARTS) is 1. The molecule has 4 N–H and O–H groups in total. The SMILES string of the molecule is CC1CCCC(NC(=O)C(CN)CC(C)(C)C)(C(=O)O)C1. The highest BCUT2D eigenvalue weighted by molar-refractivity contribution is 5.88. The number of amides is 1. The maximum Gasteiger partial charge on any atom is 0.329 e. The molecule has 21 heavy (non-hydrogen) atoms. The van der Waals surface area contributed by atoms with Crippen LogP contribution in [-0.2, 0) is 9.59 Å². The van der Waals surface area contributed by atoms with E-state index >= 15 is 0 Å². The molecular formula is C16H30N2O3. The van der Waals surface area contributed by atoms with Crippen molar-refractivity contribution in [3.05, 3.63) is 0 Å². The van der Waals surface area contributed by atoms with Crippen LogP contribution >= 0.6 is 0 Å². The average molecular weight is 298 g/mol. The van der Waals surface area contributed by atoms with E-state index in [9.17, 15) is 14.7 Å². The van der Waals surface area contributed by atoms with Gasteiger partial charge in [0.2, 0.25) is 5.91 Å². The van der Waals surface area contributed by atoms with Crippen molar-refractivity contribution in [2.24, 2.45) is 23.0 Å². The Morgan fingerprint density at radius 3 is 2.48 bits per heavy atom. The van der Waals surface area contributed by atoms with Crippen LogP contribution in [0.2, 0.25) is 0 Å². The number of aliphatic carboxylic acids is 1. The normalized spacial score (nSPS) is 28.0. The van der Waals surface area contributed by atoms with Gasteiger partial charge in [0.25, 0.3) is 0 Å². The second-order valence-corrected chi connectivity index (χ2v) is 7.78. The highest BCUT2D eigenvalue weighted by Crippen LogP contribution is 2.33. The predicted molar refractivity (Wildman–Crippen MR) is 82.8 cm³/mol. The number of rotatable bonds is 5. The van der Waals surface area contributed by atoms with Crippen molar-refractivity contribution in [2.75, 3.05) is 6.54 Å². The molecule has 5 heteroatoms. The standard InChI is InChI=1S/C16H30N2O3/c1-11-6-5-7-16(8-11,14(20)21)18-13(19)12(10-17)9-15(2,3)4/h11-12H,5-10,17H2,1-4H3,(H,18,19)(H,20,21).